The van der Waals surface area contributed by atoms with Gasteiger partial charge >= 0.3 is 0 Å². The Kier molecular flexibility index (Phi) is 6.48. The number of rotatable bonds is 5. The molecule has 38 heavy (non-hydrogen) atoms. The number of Topliss-reactive ketones (excluding diaryl/α,β-unsaturated/α-hetero) is 2. The van der Waals surface area contributed by atoms with E-state index in [1.165, 1.54) is 0 Å². The Labute approximate surface area is 227 Å². The topological polar surface area (TPSA) is 61.8 Å². The minimum absolute atomic E-state index is 0.0306. The molecule has 0 N–H and O–H groups in total. The van der Waals surface area contributed by atoms with Crippen LogP contribution in [0, 0.1) is 6.92 Å². The van der Waals surface area contributed by atoms with Crippen molar-refractivity contribution in [3.8, 4) is 11.5 Å². The molecule has 0 atom stereocenters. The second-order valence-electron chi connectivity index (χ2n) is 10.2. The SMILES string of the molecule is COc1cc(C2C3=C(CCCC3=O)OC3=C2C(=O)CCC3)cc(Cl)c1OCc1c(C)ccc2ccccc12. The van der Waals surface area contributed by atoms with Crippen molar-refractivity contribution in [1.29, 1.82) is 0 Å². The molecule has 194 valence electrons. The van der Waals surface area contributed by atoms with E-state index in [0.717, 1.165) is 40.3 Å². The molecule has 3 aliphatic rings. The Balaban J connectivity index is 1.41. The van der Waals surface area contributed by atoms with E-state index in [-0.39, 0.29) is 11.6 Å². The van der Waals surface area contributed by atoms with Crippen LogP contribution in [0.2, 0.25) is 5.02 Å². The predicted molar refractivity (Wildman–Crippen MR) is 147 cm³/mol. The first-order valence-corrected chi connectivity index (χ1v) is 13.5. The van der Waals surface area contributed by atoms with Gasteiger partial charge in [-0.3, -0.25) is 9.59 Å². The highest BCUT2D eigenvalue weighted by atomic mass is 35.5. The summed E-state index contributed by atoms with van der Waals surface area (Å²) < 4.78 is 18.2. The molecule has 0 unspecified atom stereocenters. The lowest BCUT2D eigenvalue weighted by molar-refractivity contribution is -0.117. The Morgan fingerprint density at radius 1 is 0.921 bits per heavy atom. The van der Waals surface area contributed by atoms with Crippen LogP contribution in [0.15, 0.2) is 71.2 Å². The first-order chi connectivity index (χ1) is 18.5. The number of aryl methyl sites for hydroxylation is 1. The van der Waals surface area contributed by atoms with E-state index in [1.807, 2.05) is 24.3 Å². The van der Waals surface area contributed by atoms with Crippen molar-refractivity contribution < 1.29 is 23.8 Å². The van der Waals surface area contributed by atoms with Crippen molar-refractivity contribution in [2.24, 2.45) is 0 Å². The summed E-state index contributed by atoms with van der Waals surface area (Å²) in [6.07, 6.45) is 3.80. The van der Waals surface area contributed by atoms with Crippen LogP contribution in [0.1, 0.15) is 61.1 Å². The van der Waals surface area contributed by atoms with E-state index < -0.39 is 5.92 Å². The largest absolute Gasteiger partial charge is 0.493 e. The molecule has 0 saturated carbocycles. The average Bonchev–Trinajstić information content (AvgIpc) is 2.92. The van der Waals surface area contributed by atoms with E-state index in [9.17, 15) is 9.59 Å². The highest BCUT2D eigenvalue weighted by molar-refractivity contribution is 6.32. The number of halogens is 1. The van der Waals surface area contributed by atoms with E-state index in [4.69, 9.17) is 25.8 Å². The fourth-order valence-corrected chi connectivity index (χ4v) is 6.25. The average molecular weight is 529 g/mol. The predicted octanol–water partition coefficient (Wildman–Crippen LogP) is 7.52. The number of carbonyl (C=O) groups is 2. The van der Waals surface area contributed by atoms with Gasteiger partial charge in [0.05, 0.1) is 12.1 Å². The Morgan fingerprint density at radius 3 is 2.29 bits per heavy atom. The zero-order chi connectivity index (χ0) is 26.4. The molecule has 6 heteroatoms. The van der Waals surface area contributed by atoms with Gasteiger partial charge in [-0.2, -0.15) is 0 Å². The van der Waals surface area contributed by atoms with Gasteiger partial charge < -0.3 is 14.2 Å². The lowest BCUT2D eigenvalue weighted by Crippen LogP contribution is -2.30. The summed E-state index contributed by atoms with van der Waals surface area (Å²) >= 11 is 6.84. The Bertz CT molecular complexity index is 1500. The third-order valence-corrected chi connectivity index (χ3v) is 8.14. The number of ketones is 2. The summed E-state index contributed by atoms with van der Waals surface area (Å²) in [6, 6.07) is 16.1. The maximum Gasteiger partial charge on any atom is 0.180 e. The summed E-state index contributed by atoms with van der Waals surface area (Å²) in [5.41, 5.74) is 4.13. The monoisotopic (exact) mass is 528 g/mol. The number of ether oxygens (including phenoxy) is 3. The first kappa shape index (κ1) is 24.7. The van der Waals surface area contributed by atoms with Crippen molar-refractivity contribution in [2.75, 3.05) is 7.11 Å². The van der Waals surface area contributed by atoms with E-state index in [2.05, 4.69) is 31.2 Å². The number of hydrogen-bond donors (Lipinski definition) is 0. The van der Waals surface area contributed by atoms with Crippen LogP contribution >= 0.6 is 11.6 Å². The van der Waals surface area contributed by atoms with Crippen LogP contribution in [0.4, 0.5) is 0 Å². The fraction of sp³-hybridized carbons (Fsp3) is 0.312. The standard InChI is InChI=1S/C32H29ClO5/c1-18-13-14-19-7-3-4-8-21(19)22(18)17-37-32-23(33)15-20(16-28(32)36-2)29-30-24(34)9-5-11-26(30)38-27-12-6-10-25(35)31(27)29/h3-4,7-8,13-16,29H,5-6,9-12,17H2,1-2H3. The van der Waals surface area contributed by atoms with Gasteiger partial charge in [0, 0.05) is 48.3 Å². The molecule has 3 aromatic carbocycles. The van der Waals surface area contributed by atoms with Gasteiger partial charge in [0.25, 0.3) is 0 Å². The zero-order valence-electron chi connectivity index (χ0n) is 21.6. The minimum atomic E-state index is -0.505. The maximum absolute atomic E-state index is 13.1. The number of fused-ring (bicyclic) bond motifs is 1. The van der Waals surface area contributed by atoms with Gasteiger partial charge in [0.15, 0.2) is 23.1 Å². The van der Waals surface area contributed by atoms with Crippen LogP contribution in [-0.4, -0.2) is 18.7 Å². The Morgan fingerprint density at radius 2 is 1.61 bits per heavy atom. The number of carbonyl (C=O) groups excluding carboxylic acids is 2. The van der Waals surface area contributed by atoms with Crippen molar-refractivity contribution in [2.45, 2.75) is 58.0 Å². The summed E-state index contributed by atoms with van der Waals surface area (Å²) in [5, 5.41) is 2.65. The molecule has 0 amide bonds. The van der Waals surface area contributed by atoms with Crippen molar-refractivity contribution in [3.63, 3.8) is 0 Å². The van der Waals surface area contributed by atoms with Crippen LogP contribution in [0.5, 0.6) is 11.5 Å². The number of allylic oxidation sites excluding steroid dienone is 4. The maximum atomic E-state index is 13.1. The van der Waals surface area contributed by atoms with Gasteiger partial charge in [-0.15, -0.1) is 0 Å². The van der Waals surface area contributed by atoms with Gasteiger partial charge in [-0.1, -0.05) is 48.0 Å². The molecular formula is C32H29ClO5. The third-order valence-electron chi connectivity index (χ3n) is 7.86. The van der Waals surface area contributed by atoms with Crippen molar-refractivity contribution in [3.05, 3.63) is 92.9 Å². The van der Waals surface area contributed by atoms with Crippen LogP contribution in [-0.2, 0) is 20.9 Å². The molecule has 5 nitrogen and oxygen atoms in total. The first-order valence-electron chi connectivity index (χ1n) is 13.1. The molecule has 0 radical (unpaired) electrons. The molecule has 2 aliphatic carbocycles. The van der Waals surface area contributed by atoms with Gasteiger partial charge in [0.1, 0.15) is 18.1 Å². The van der Waals surface area contributed by atoms with Crippen molar-refractivity contribution in [1.82, 2.24) is 0 Å². The van der Waals surface area contributed by atoms with Crippen molar-refractivity contribution >= 4 is 33.9 Å². The van der Waals surface area contributed by atoms with Gasteiger partial charge in [-0.05, 0) is 53.8 Å². The summed E-state index contributed by atoms with van der Waals surface area (Å²) in [4.78, 5) is 26.3. The number of hydrogen-bond acceptors (Lipinski definition) is 5. The van der Waals surface area contributed by atoms with Crippen LogP contribution < -0.4 is 9.47 Å². The van der Waals surface area contributed by atoms with Crippen LogP contribution in [0.3, 0.4) is 0 Å². The minimum Gasteiger partial charge on any atom is -0.493 e. The van der Waals surface area contributed by atoms with E-state index in [1.54, 1.807) is 7.11 Å². The molecule has 1 aliphatic heterocycles. The smallest absolute Gasteiger partial charge is 0.180 e. The molecule has 3 aromatic rings. The second-order valence-corrected chi connectivity index (χ2v) is 10.6. The zero-order valence-corrected chi connectivity index (χ0v) is 22.3. The summed E-state index contributed by atoms with van der Waals surface area (Å²) in [6.45, 7) is 2.39. The lowest BCUT2D eigenvalue weighted by Gasteiger charge is -2.36. The normalized spacial score (nSPS) is 17.9. The number of methoxy groups -OCH3 is 1. The quantitative estimate of drug-likeness (QED) is 0.343. The third kappa shape index (κ3) is 4.19. The molecular weight excluding hydrogens is 500 g/mol. The van der Waals surface area contributed by atoms with E-state index >= 15 is 0 Å². The molecule has 0 aromatic heterocycles. The summed E-state index contributed by atoms with van der Waals surface area (Å²) in [7, 11) is 1.57. The molecule has 0 spiro atoms. The highest BCUT2D eigenvalue weighted by Crippen LogP contribution is 2.50. The highest BCUT2D eigenvalue weighted by Gasteiger charge is 2.42. The molecule has 0 saturated heterocycles. The second kappa shape index (κ2) is 9.95. The van der Waals surface area contributed by atoms with E-state index in [0.29, 0.717) is 71.5 Å². The lowest BCUT2D eigenvalue weighted by atomic mass is 9.73. The van der Waals surface area contributed by atoms with Gasteiger partial charge in [0.2, 0.25) is 0 Å². The number of benzene rings is 3. The summed E-state index contributed by atoms with van der Waals surface area (Å²) in [5.74, 6) is 1.85. The van der Waals surface area contributed by atoms with Gasteiger partial charge in [-0.25, -0.2) is 0 Å². The molecule has 1 heterocycles. The van der Waals surface area contributed by atoms with Crippen LogP contribution in [0.25, 0.3) is 10.8 Å². The molecule has 6 rings (SSSR count). The molecule has 0 fully saturated rings. The fourth-order valence-electron chi connectivity index (χ4n) is 5.98. The Hall–Kier alpha value is -3.57. The molecule has 0 bridgehead atoms.